The minimum absolute atomic E-state index is 0.923. The molecule has 0 aliphatic rings. The lowest BCUT2D eigenvalue weighted by molar-refractivity contribution is 1.12. The van der Waals surface area contributed by atoms with Gasteiger partial charge < -0.3 is 0 Å². The molecule has 0 atom stereocenters. The Balaban J connectivity index is 1.66. The van der Waals surface area contributed by atoms with Gasteiger partial charge in [-0.15, -0.1) is 10.2 Å². The van der Waals surface area contributed by atoms with E-state index in [1.165, 1.54) is 11.1 Å². The number of hydrogen-bond acceptors (Lipinski definition) is 2. The molecule has 0 aliphatic heterocycles. The molecule has 5 aromatic rings. The number of fused-ring (bicyclic) bond motifs is 3. The largest absolute Gasteiger partial charge is 0.150 e. The fraction of sp³-hybridized carbons (Fsp3) is 0. The second-order valence-electron chi connectivity index (χ2n) is 6.40. The Morgan fingerprint density at radius 3 is 1.23 bits per heavy atom. The van der Waals surface area contributed by atoms with E-state index in [0.29, 0.717) is 0 Å². The first-order valence-electron chi connectivity index (χ1n) is 8.69. The molecule has 0 amide bonds. The van der Waals surface area contributed by atoms with Crippen LogP contribution in [-0.4, -0.2) is 10.2 Å². The fourth-order valence-corrected chi connectivity index (χ4v) is 3.41. The summed E-state index contributed by atoms with van der Waals surface area (Å²) >= 11 is 0. The molecule has 4 aromatic carbocycles. The van der Waals surface area contributed by atoms with Crippen molar-refractivity contribution < 1.29 is 0 Å². The van der Waals surface area contributed by atoms with Gasteiger partial charge in [0.15, 0.2) is 0 Å². The molecule has 0 saturated carbocycles. The Hall–Kier alpha value is -3.52. The zero-order valence-corrected chi connectivity index (χ0v) is 14.1. The highest BCUT2D eigenvalue weighted by Crippen LogP contribution is 2.29. The van der Waals surface area contributed by atoms with Gasteiger partial charge in [0.05, 0.1) is 11.0 Å². The molecule has 1 heterocycles. The summed E-state index contributed by atoms with van der Waals surface area (Å²) in [6.45, 7) is 0. The number of rotatable bonds is 2. The van der Waals surface area contributed by atoms with Crippen LogP contribution in [-0.2, 0) is 0 Å². The SMILES string of the molecule is c1ccc(-c2ccc3c(c2)nnc2cc(-c4ccccc4)ccc23)cc1. The van der Waals surface area contributed by atoms with Crippen molar-refractivity contribution in [3.05, 3.63) is 97.1 Å². The highest BCUT2D eigenvalue weighted by atomic mass is 15.1. The fourth-order valence-electron chi connectivity index (χ4n) is 3.41. The van der Waals surface area contributed by atoms with Crippen LogP contribution in [0.25, 0.3) is 44.1 Å². The van der Waals surface area contributed by atoms with E-state index in [1.54, 1.807) is 0 Å². The molecule has 0 bridgehead atoms. The molecule has 0 fully saturated rings. The molecule has 0 radical (unpaired) electrons. The maximum absolute atomic E-state index is 4.48. The van der Waals surface area contributed by atoms with Crippen molar-refractivity contribution in [1.82, 2.24) is 10.2 Å². The first kappa shape index (κ1) is 14.8. The Labute approximate surface area is 151 Å². The molecular formula is C24H16N2. The van der Waals surface area contributed by atoms with E-state index < -0.39 is 0 Å². The Morgan fingerprint density at radius 2 is 0.808 bits per heavy atom. The minimum atomic E-state index is 0.923. The Morgan fingerprint density at radius 1 is 0.385 bits per heavy atom. The molecule has 2 heteroatoms. The first-order valence-corrected chi connectivity index (χ1v) is 8.69. The summed E-state index contributed by atoms with van der Waals surface area (Å²) in [7, 11) is 0. The summed E-state index contributed by atoms with van der Waals surface area (Å²) in [4.78, 5) is 0. The molecule has 1 aromatic heterocycles. The summed E-state index contributed by atoms with van der Waals surface area (Å²) in [5, 5.41) is 11.2. The lowest BCUT2D eigenvalue weighted by Gasteiger charge is -2.07. The van der Waals surface area contributed by atoms with Crippen molar-refractivity contribution >= 4 is 21.8 Å². The predicted molar refractivity (Wildman–Crippen MR) is 108 cm³/mol. The van der Waals surface area contributed by atoms with Gasteiger partial charge in [0, 0.05) is 10.8 Å². The third-order valence-electron chi connectivity index (χ3n) is 4.77. The molecule has 2 nitrogen and oxygen atoms in total. The second kappa shape index (κ2) is 6.08. The third-order valence-corrected chi connectivity index (χ3v) is 4.77. The molecule has 5 rings (SSSR count). The number of hydrogen-bond donors (Lipinski definition) is 0. The molecule has 0 saturated heterocycles. The van der Waals surface area contributed by atoms with E-state index in [4.69, 9.17) is 0 Å². The van der Waals surface area contributed by atoms with Crippen LogP contribution in [0.4, 0.5) is 0 Å². The van der Waals surface area contributed by atoms with Crippen LogP contribution in [0.3, 0.4) is 0 Å². The van der Waals surface area contributed by atoms with E-state index in [9.17, 15) is 0 Å². The van der Waals surface area contributed by atoms with Crippen molar-refractivity contribution in [3.63, 3.8) is 0 Å². The van der Waals surface area contributed by atoms with Gasteiger partial charge in [-0.05, 0) is 34.4 Å². The average Bonchev–Trinajstić information content (AvgIpc) is 2.74. The van der Waals surface area contributed by atoms with Gasteiger partial charge in [0.25, 0.3) is 0 Å². The second-order valence-corrected chi connectivity index (χ2v) is 6.40. The highest BCUT2D eigenvalue weighted by Gasteiger charge is 2.07. The smallest absolute Gasteiger partial charge is 0.0942 e. The zero-order chi connectivity index (χ0) is 17.3. The molecular weight excluding hydrogens is 316 g/mol. The first-order chi connectivity index (χ1) is 12.9. The third kappa shape index (κ3) is 2.52. The minimum Gasteiger partial charge on any atom is -0.150 e. The summed E-state index contributed by atoms with van der Waals surface area (Å²) in [6.07, 6.45) is 0. The summed E-state index contributed by atoms with van der Waals surface area (Å²) in [5.74, 6) is 0. The van der Waals surface area contributed by atoms with Crippen LogP contribution in [0, 0.1) is 0 Å². The molecule has 0 spiro atoms. The standard InChI is InChI=1S/C24H16N2/c1-3-7-17(8-4-1)19-11-13-21-22-14-12-20(18-9-5-2-6-10-18)16-24(22)26-25-23(21)15-19/h1-16H. The molecule has 122 valence electrons. The van der Waals surface area contributed by atoms with E-state index in [0.717, 1.165) is 32.9 Å². The quantitative estimate of drug-likeness (QED) is 0.364. The number of nitrogens with zero attached hydrogens (tertiary/aromatic N) is 2. The van der Waals surface area contributed by atoms with Crippen molar-refractivity contribution in [2.24, 2.45) is 0 Å². The van der Waals surface area contributed by atoms with Crippen LogP contribution >= 0.6 is 0 Å². The Kier molecular flexibility index (Phi) is 3.46. The van der Waals surface area contributed by atoms with Gasteiger partial charge in [-0.2, -0.15) is 0 Å². The van der Waals surface area contributed by atoms with Gasteiger partial charge >= 0.3 is 0 Å². The number of benzene rings is 4. The van der Waals surface area contributed by atoms with Gasteiger partial charge in [0.1, 0.15) is 0 Å². The van der Waals surface area contributed by atoms with Gasteiger partial charge in [-0.3, -0.25) is 0 Å². The zero-order valence-electron chi connectivity index (χ0n) is 14.1. The van der Waals surface area contributed by atoms with Crippen LogP contribution in [0.5, 0.6) is 0 Å². The van der Waals surface area contributed by atoms with Gasteiger partial charge in [0.2, 0.25) is 0 Å². The molecule has 0 aliphatic carbocycles. The predicted octanol–water partition coefficient (Wildman–Crippen LogP) is 6.12. The van der Waals surface area contributed by atoms with E-state index in [1.807, 2.05) is 12.1 Å². The van der Waals surface area contributed by atoms with Crippen molar-refractivity contribution in [2.75, 3.05) is 0 Å². The summed E-state index contributed by atoms with van der Waals surface area (Å²) in [5.41, 5.74) is 6.55. The lowest BCUT2D eigenvalue weighted by Crippen LogP contribution is -1.89. The van der Waals surface area contributed by atoms with Crippen molar-refractivity contribution in [3.8, 4) is 22.3 Å². The van der Waals surface area contributed by atoms with Gasteiger partial charge in [-0.1, -0.05) is 84.9 Å². The lowest BCUT2D eigenvalue weighted by atomic mass is 10.00. The number of aromatic nitrogens is 2. The van der Waals surface area contributed by atoms with E-state index >= 15 is 0 Å². The van der Waals surface area contributed by atoms with Crippen molar-refractivity contribution in [1.29, 1.82) is 0 Å². The topological polar surface area (TPSA) is 25.8 Å². The maximum atomic E-state index is 4.48. The van der Waals surface area contributed by atoms with Crippen LogP contribution in [0.2, 0.25) is 0 Å². The molecule has 0 unspecified atom stereocenters. The van der Waals surface area contributed by atoms with Crippen molar-refractivity contribution in [2.45, 2.75) is 0 Å². The monoisotopic (exact) mass is 332 g/mol. The van der Waals surface area contributed by atoms with Crippen LogP contribution < -0.4 is 0 Å². The van der Waals surface area contributed by atoms with E-state index in [-0.39, 0.29) is 0 Å². The van der Waals surface area contributed by atoms with Crippen LogP contribution in [0.15, 0.2) is 97.1 Å². The summed E-state index contributed by atoms with van der Waals surface area (Å²) in [6, 6.07) is 33.6. The Bertz CT molecular complexity index is 1110. The van der Waals surface area contributed by atoms with Crippen LogP contribution in [0.1, 0.15) is 0 Å². The average molecular weight is 332 g/mol. The van der Waals surface area contributed by atoms with E-state index in [2.05, 4.69) is 95.1 Å². The highest BCUT2D eigenvalue weighted by molar-refractivity contribution is 6.05. The molecule has 0 N–H and O–H groups in total. The molecule has 26 heavy (non-hydrogen) atoms. The summed E-state index contributed by atoms with van der Waals surface area (Å²) < 4.78 is 0. The van der Waals surface area contributed by atoms with Gasteiger partial charge in [-0.25, -0.2) is 0 Å². The maximum Gasteiger partial charge on any atom is 0.0942 e. The normalized spacial score (nSPS) is 11.1.